The van der Waals surface area contributed by atoms with Gasteiger partial charge in [0.25, 0.3) is 7.82 Å². The van der Waals surface area contributed by atoms with Gasteiger partial charge in [-0.2, -0.15) is 0 Å². The molecule has 9 nitrogen and oxygen atoms in total. The van der Waals surface area contributed by atoms with Crippen molar-refractivity contribution in [3.05, 3.63) is 97.2 Å². The molecule has 1 amide bonds. The molecule has 420 valence electrons. The summed E-state index contributed by atoms with van der Waals surface area (Å²) < 4.78 is 30.1. The van der Waals surface area contributed by atoms with E-state index >= 15 is 0 Å². The zero-order valence-electron chi connectivity index (χ0n) is 47.8. The topological polar surface area (TPSA) is 114 Å². The molecule has 3 atom stereocenters. The smallest absolute Gasteiger partial charge is 0.306 e. The molecular formula is C63H111N2O7P. The molecule has 0 aliphatic carbocycles. The summed E-state index contributed by atoms with van der Waals surface area (Å²) >= 11 is 0. The van der Waals surface area contributed by atoms with Crippen molar-refractivity contribution in [2.24, 2.45) is 0 Å². The number of unbranched alkanes of at least 4 members (excludes halogenated alkanes) is 22. The number of phosphoric acid groups is 1. The van der Waals surface area contributed by atoms with Gasteiger partial charge >= 0.3 is 5.97 Å². The number of likely N-dealkylation sites (N-methyl/N-ethyl adjacent to an activating group) is 1. The number of ether oxygens (including phenoxy) is 1. The standard InChI is InChI=1S/C63H111N2O7P/c1-7-10-13-16-19-22-25-27-28-29-30-31-32-33-34-35-36-38-40-43-46-49-52-55-62(66)64-60(59-71-73(68,69)70-58-57-65(4,5)6)61(54-51-48-45-42-39-24-21-18-15-12-9-3)72-63(67)56-53-50-47-44-41-37-26-23-20-17-14-11-8-2/h10,13,19,22,27-28,30-31,33-34,37,41,47,50-51,54,60-61H,7-9,11-12,14-18,20-21,23-26,29,32,35-36,38-40,42-46,48-49,52-53,55-59H2,1-6H3,(H-,64,66,68,69)/b13-10-,22-19-,28-27-,31-30-,34-33-,41-37-,50-47+,54-51-. The minimum absolute atomic E-state index is 0.0366. The van der Waals surface area contributed by atoms with Gasteiger partial charge in [0.1, 0.15) is 19.3 Å². The third kappa shape index (κ3) is 53.6. The van der Waals surface area contributed by atoms with E-state index in [4.69, 9.17) is 13.8 Å². The molecule has 0 spiro atoms. The van der Waals surface area contributed by atoms with Crippen LogP contribution in [0.1, 0.15) is 239 Å². The van der Waals surface area contributed by atoms with Gasteiger partial charge in [-0.3, -0.25) is 14.2 Å². The van der Waals surface area contributed by atoms with Crippen molar-refractivity contribution in [2.45, 2.75) is 251 Å². The number of quaternary nitrogens is 1. The number of allylic oxidation sites excluding steroid dienone is 15. The van der Waals surface area contributed by atoms with Crippen LogP contribution in [0.15, 0.2) is 97.2 Å². The second-order valence-corrected chi connectivity index (χ2v) is 22.2. The van der Waals surface area contributed by atoms with Gasteiger partial charge in [-0.1, -0.05) is 227 Å². The zero-order chi connectivity index (χ0) is 53.6. The van der Waals surface area contributed by atoms with Crippen LogP contribution in [0, 0.1) is 0 Å². The van der Waals surface area contributed by atoms with Crippen molar-refractivity contribution in [1.82, 2.24) is 5.32 Å². The number of esters is 1. The normalized spacial score (nSPS) is 14.5. The van der Waals surface area contributed by atoms with E-state index in [0.29, 0.717) is 23.9 Å². The first-order chi connectivity index (χ1) is 35.4. The maximum absolute atomic E-state index is 13.5. The van der Waals surface area contributed by atoms with Crippen molar-refractivity contribution in [2.75, 3.05) is 40.9 Å². The van der Waals surface area contributed by atoms with Gasteiger partial charge in [-0.15, -0.1) is 0 Å². The maximum Gasteiger partial charge on any atom is 0.306 e. The average molecular weight is 1040 g/mol. The molecule has 0 aliphatic heterocycles. The van der Waals surface area contributed by atoms with Crippen LogP contribution in [0.5, 0.6) is 0 Å². The van der Waals surface area contributed by atoms with E-state index in [1.807, 2.05) is 33.3 Å². The van der Waals surface area contributed by atoms with Crippen LogP contribution in [0.4, 0.5) is 0 Å². The number of amides is 1. The first-order valence-corrected chi connectivity index (χ1v) is 31.0. The van der Waals surface area contributed by atoms with E-state index in [1.165, 1.54) is 103 Å². The maximum atomic E-state index is 13.5. The zero-order valence-corrected chi connectivity index (χ0v) is 48.7. The summed E-state index contributed by atoms with van der Waals surface area (Å²) in [5.41, 5.74) is 0. The first-order valence-electron chi connectivity index (χ1n) is 29.5. The second kappa shape index (κ2) is 52.4. The van der Waals surface area contributed by atoms with E-state index in [2.05, 4.69) is 105 Å². The summed E-state index contributed by atoms with van der Waals surface area (Å²) in [6.07, 6.45) is 69.6. The molecule has 3 unspecified atom stereocenters. The van der Waals surface area contributed by atoms with Gasteiger partial charge in [-0.05, 0) is 96.0 Å². The highest BCUT2D eigenvalue weighted by Gasteiger charge is 2.27. The van der Waals surface area contributed by atoms with Crippen LogP contribution in [0.25, 0.3) is 0 Å². The Labute approximate surface area is 449 Å². The SMILES string of the molecule is CC/C=C\C/C=C\C/C=C\C/C=C\C/C=C\CCCCCCCCCC(=O)NC(COP(=O)([O-])OCC[N+](C)(C)C)C(/C=C\CCCCCCCCCCC)OC(=O)CC/C=C/C/C=C\CCCCCCCC. The molecule has 0 fully saturated rings. The monoisotopic (exact) mass is 1040 g/mol. The number of hydrogen-bond acceptors (Lipinski definition) is 7. The summed E-state index contributed by atoms with van der Waals surface area (Å²) in [4.78, 5) is 39.8. The van der Waals surface area contributed by atoms with E-state index in [-0.39, 0.29) is 25.4 Å². The van der Waals surface area contributed by atoms with Gasteiger partial charge in [0.05, 0.1) is 33.8 Å². The van der Waals surface area contributed by atoms with Crippen molar-refractivity contribution in [1.29, 1.82) is 0 Å². The van der Waals surface area contributed by atoms with E-state index in [0.717, 1.165) is 89.9 Å². The van der Waals surface area contributed by atoms with E-state index in [1.54, 1.807) is 6.08 Å². The Bertz CT molecular complexity index is 1570. The van der Waals surface area contributed by atoms with E-state index < -0.39 is 32.5 Å². The average Bonchev–Trinajstić information content (AvgIpc) is 3.35. The summed E-state index contributed by atoms with van der Waals surface area (Å²) in [7, 11) is 1.14. The van der Waals surface area contributed by atoms with Crippen LogP contribution in [-0.4, -0.2) is 69.4 Å². The van der Waals surface area contributed by atoms with Crippen LogP contribution in [0.2, 0.25) is 0 Å². The lowest BCUT2D eigenvalue weighted by Gasteiger charge is -2.30. The van der Waals surface area contributed by atoms with Gasteiger partial charge in [-0.25, -0.2) is 0 Å². The number of hydrogen-bond donors (Lipinski definition) is 1. The molecule has 0 saturated carbocycles. The molecule has 0 aromatic heterocycles. The molecule has 0 saturated heterocycles. The fourth-order valence-corrected chi connectivity index (χ4v) is 8.68. The van der Waals surface area contributed by atoms with E-state index in [9.17, 15) is 19.0 Å². The second-order valence-electron chi connectivity index (χ2n) is 20.8. The third-order valence-corrected chi connectivity index (χ3v) is 13.5. The highest BCUT2D eigenvalue weighted by Crippen LogP contribution is 2.38. The van der Waals surface area contributed by atoms with Gasteiger partial charge < -0.3 is 28.5 Å². The Balaban J connectivity index is 5.28. The summed E-state index contributed by atoms with van der Waals surface area (Å²) in [6, 6.07) is -0.921. The summed E-state index contributed by atoms with van der Waals surface area (Å²) in [6.45, 7) is 6.65. The minimum Gasteiger partial charge on any atom is -0.756 e. The molecule has 1 N–H and O–H groups in total. The fraction of sp³-hybridized carbons (Fsp3) is 0.714. The lowest BCUT2D eigenvalue weighted by atomic mass is 10.1. The molecule has 73 heavy (non-hydrogen) atoms. The Morgan fingerprint density at radius 2 is 0.890 bits per heavy atom. The summed E-state index contributed by atoms with van der Waals surface area (Å²) in [5, 5.41) is 3.00. The van der Waals surface area contributed by atoms with Crippen LogP contribution < -0.4 is 10.2 Å². The van der Waals surface area contributed by atoms with Gasteiger partial charge in [0.15, 0.2) is 0 Å². The molecular weight excluding hydrogens is 928 g/mol. The molecule has 0 bridgehead atoms. The predicted molar refractivity (Wildman–Crippen MR) is 311 cm³/mol. The molecule has 0 aromatic rings. The van der Waals surface area contributed by atoms with Crippen molar-refractivity contribution in [3.8, 4) is 0 Å². The Morgan fingerprint density at radius 1 is 0.493 bits per heavy atom. The molecule has 0 aromatic carbocycles. The Morgan fingerprint density at radius 3 is 1.34 bits per heavy atom. The van der Waals surface area contributed by atoms with Gasteiger partial charge in [0.2, 0.25) is 5.91 Å². The lowest BCUT2D eigenvalue weighted by molar-refractivity contribution is -0.870. The third-order valence-electron chi connectivity index (χ3n) is 12.5. The number of nitrogens with one attached hydrogen (secondary N) is 1. The van der Waals surface area contributed by atoms with Crippen LogP contribution >= 0.6 is 7.82 Å². The number of carbonyl (C=O) groups excluding carboxylic acids is 2. The largest absolute Gasteiger partial charge is 0.756 e. The molecule has 0 radical (unpaired) electrons. The molecule has 0 rings (SSSR count). The Hall–Kier alpha value is -3.07. The molecule has 0 heterocycles. The van der Waals surface area contributed by atoms with Crippen LogP contribution in [-0.2, 0) is 27.9 Å². The highest BCUT2D eigenvalue weighted by atomic mass is 31.2. The number of carbonyl (C=O) groups is 2. The quantitative estimate of drug-likeness (QED) is 0.0212. The van der Waals surface area contributed by atoms with Crippen LogP contribution in [0.3, 0.4) is 0 Å². The summed E-state index contributed by atoms with van der Waals surface area (Å²) in [5.74, 6) is -0.638. The van der Waals surface area contributed by atoms with Crippen molar-refractivity contribution >= 4 is 19.7 Å². The molecule has 10 heteroatoms. The lowest BCUT2D eigenvalue weighted by Crippen LogP contribution is -2.47. The highest BCUT2D eigenvalue weighted by molar-refractivity contribution is 7.45. The molecule has 0 aliphatic rings. The van der Waals surface area contributed by atoms with Crippen molar-refractivity contribution < 1.29 is 37.3 Å². The van der Waals surface area contributed by atoms with Gasteiger partial charge in [0, 0.05) is 12.8 Å². The predicted octanol–water partition coefficient (Wildman–Crippen LogP) is 17.4. The number of nitrogens with zero attached hydrogens (tertiary/aromatic N) is 1. The number of rotatable bonds is 52. The minimum atomic E-state index is -4.71. The number of phosphoric ester groups is 1. The first kappa shape index (κ1) is 69.9. The van der Waals surface area contributed by atoms with Crippen molar-refractivity contribution in [3.63, 3.8) is 0 Å². The fourth-order valence-electron chi connectivity index (χ4n) is 7.95. The Kier molecular flexibility index (Phi) is 50.2.